The molecular formula is C22H36O14. The van der Waals surface area contributed by atoms with Crippen LogP contribution in [0.5, 0.6) is 0 Å². The number of rotatable bonds is 8. The molecule has 0 aromatic carbocycles. The van der Waals surface area contributed by atoms with E-state index in [1.807, 2.05) is 0 Å². The minimum absolute atomic E-state index is 0.0787. The minimum Gasteiger partial charge on any atom is -0.456 e. The molecule has 5 N–H and O–H groups in total. The summed E-state index contributed by atoms with van der Waals surface area (Å²) in [6.07, 6.45) is -15.9. The first-order chi connectivity index (χ1) is 16.7. The van der Waals surface area contributed by atoms with Crippen molar-refractivity contribution >= 4 is 17.9 Å². The fourth-order valence-electron chi connectivity index (χ4n) is 3.86. The first-order valence-electron chi connectivity index (χ1n) is 11.4. The van der Waals surface area contributed by atoms with Crippen LogP contribution < -0.4 is 0 Å². The summed E-state index contributed by atoms with van der Waals surface area (Å²) >= 11 is 0. The largest absolute Gasteiger partial charge is 0.456 e. The highest BCUT2D eigenvalue weighted by atomic mass is 16.8. The second-order valence-electron chi connectivity index (χ2n) is 9.90. The summed E-state index contributed by atoms with van der Waals surface area (Å²) in [5, 5.41) is 49.8. The van der Waals surface area contributed by atoms with E-state index in [0.717, 1.165) is 13.8 Å². The third kappa shape index (κ3) is 7.79. The van der Waals surface area contributed by atoms with Gasteiger partial charge in [-0.15, -0.1) is 0 Å². The van der Waals surface area contributed by atoms with Crippen LogP contribution in [0.15, 0.2) is 0 Å². The van der Waals surface area contributed by atoms with Gasteiger partial charge in [0, 0.05) is 13.8 Å². The van der Waals surface area contributed by atoms with Crippen LogP contribution in [0, 0.1) is 5.41 Å². The standard InChI is InChI=1S/C22H36O14/c1-9(25)31-17-12(8-24)34-21(36-20-16(30)15(29)14(28)11(7-23)33-20)19(18(17)32-10(2)26)35-13(27)6-22(3,4)5/h11-12,14-21,23-24,28-30H,6-8H2,1-5H3/t11-,12-,14-,15+,16-,17-,18+,19-,20-,21-/m1/s1. The van der Waals surface area contributed by atoms with E-state index in [9.17, 15) is 39.9 Å². The van der Waals surface area contributed by atoms with Crippen molar-refractivity contribution in [3.63, 3.8) is 0 Å². The van der Waals surface area contributed by atoms with E-state index in [1.54, 1.807) is 20.8 Å². The zero-order valence-corrected chi connectivity index (χ0v) is 20.8. The quantitative estimate of drug-likeness (QED) is 0.168. The van der Waals surface area contributed by atoms with Gasteiger partial charge in [-0.3, -0.25) is 14.4 Å². The van der Waals surface area contributed by atoms with Gasteiger partial charge in [-0.25, -0.2) is 0 Å². The molecule has 2 rings (SSSR count). The maximum atomic E-state index is 12.7. The molecule has 2 saturated heterocycles. The molecule has 0 aliphatic carbocycles. The molecule has 0 aromatic rings. The SMILES string of the molecule is CC(=O)O[C@@H]1[C@@H](OC(=O)CC(C)(C)C)[C@@H](O[C@H]2O[C@H](CO)[C@@H](O)[C@H](O)[C@H]2O)O[C@H](CO)[C@H]1OC(C)=O. The summed E-state index contributed by atoms with van der Waals surface area (Å²) in [4.78, 5) is 36.4. The van der Waals surface area contributed by atoms with Crippen LogP contribution in [-0.4, -0.2) is 118 Å². The van der Waals surface area contributed by atoms with Crippen LogP contribution in [0.3, 0.4) is 0 Å². The van der Waals surface area contributed by atoms with Crippen molar-refractivity contribution in [1.29, 1.82) is 0 Å². The number of carbonyl (C=O) groups excluding carboxylic acids is 3. The van der Waals surface area contributed by atoms with Gasteiger partial charge in [0.05, 0.1) is 19.6 Å². The first-order valence-corrected chi connectivity index (χ1v) is 11.4. The van der Waals surface area contributed by atoms with Gasteiger partial charge in [0.25, 0.3) is 0 Å². The molecule has 0 radical (unpaired) electrons. The monoisotopic (exact) mass is 524 g/mol. The maximum Gasteiger partial charge on any atom is 0.306 e. The lowest BCUT2D eigenvalue weighted by molar-refractivity contribution is -0.377. The molecule has 2 aliphatic heterocycles. The summed E-state index contributed by atoms with van der Waals surface area (Å²) in [6, 6.07) is 0. The summed E-state index contributed by atoms with van der Waals surface area (Å²) in [7, 11) is 0. The van der Waals surface area contributed by atoms with Gasteiger partial charge >= 0.3 is 17.9 Å². The lowest BCUT2D eigenvalue weighted by atomic mass is 9.92. The van der Waals surface area contributed by atoms with Gasteiger partial charge in [-0.1, -0.05) is 20.8 Å². The maximum absolute atomic E-state index is 12.7. The van der Waals surface area contributed by atoms with E-state index in [-0.39, 0.29) is 6.42 Å². The Bertz CT molecular complexity index is 764. The molecule has 0 bridgehead atoms. The smallest absolute Gasteiger partial charge is 0.306 e. The van der Waals surface area contributed by atoms with E-state index in [2.05, 4.69) is 0 Å². The molecule has 2 aliphatic rings. The van der Waals surface area contributed by atoms with E-state index < -0.39 is 97.9 Å². The predicted molar refractivity (Wildman–Crippen MR) is 116 cm³/mol. The number of aliphatic hydroxyl groups is 5. The number of aliphatic hydroxyl groups excluding tert-OH is 5. The van der Waals surface area contributed by atoms with Crippen molar-refractivity contribution in [1.82, 2.24) is 0 Å². The molecule has 0 spiro atoms. The molecule has 36 heavy (non-hydrogen) atoms. The molecule has 10 atom stereocenters. The third-order valence-corrected chi connectivity index (χ3v) is 5.43. The zero-order chi connectivity index (χ0) is 27.4. The van der Waals surface area contributed by atoms with Crippen LogP contribution in [0.25, 0.3) is 0 Å². The number of hydrogen-bond acceptors (Lipinski definition) is 14. The Balaban J connectivity index is 2.43. The van der Waals surface area contributed by atoms with Crippen molar-refractivity contribution in [3.05, 3.63) is 0 Å². The molecule has 0 unspecified atom stereocenters. The number of esters is 3. The van der Waals surface area contributed by atoms with Crippen molar-refractivity contribution < 1.29 is 68.3 Å². The average Bonchev–Trinajstić information content (AvgIpc) is 2.75. The van der Waals surface area contributed by atoms with Crippen LogP contribution >= 0.6 is 0 Å². The predicted octanol–water partition coefficient (Wildman–Crippen LogP) is -2.27. The van der Waals surface area contributed by atoms with E-state index in [4.69, 9.17) is 28.4 Å². The zero-order valence-electron chi connectivity index (χ0n) is 20.8. The minimum atomic E-state index is -1.83. The van der Waals surface area contributed by atoms with Gasteiger partial charge in [-0.05, 0) is 5.41 Å². The lowest BCUT2D eigenvalue weighted by Crippen LogP contribution is -2.65. The first kappa shape index (κ1) is 30.3. The van der Waals surface area contributed by atoms with E-state index >= 15 is 0 Å². The molecule has 14 nitrogen and oxygen atoms in total. The van der Waals surface area contributed by atoms with Crippen LogP contribution in [0.1, 0.15) is 41.0 Å². The Hall–Kier alpha value is -1.91. The Labute approximate surface area is 208 Å². The van der Waals surface area contributed by atoms with Crippen molar-refractivity contribution in [3.8, 4) is 0 Å². The van der Waals surface area contributed by atoms with E-state index in [0.29, 0.717) is 0 Å². The molecule has 2 fully saturated rings. The fraction of sp³-hybridized carbons (Fsp3) is 0.864. The second kappa shape index (κ2) is 12.6. The number of carbonyl (C=O) groups is 3. The molecule has 14 heteroatoms. The number of hydrogen-bond donors (Lipinski definition) is 5. The summed E-state index contributed by atoms with van der Waals surface area (Å²) in [5.41, 5.74) is -0.500. The molecule has 0 aromatic heterocycles. The molecule has 208 valence electrons. The topological polar surface area (TPSA) is 208 Å². The summed E-state index contributed by atoms with van der Waals surface area (Å²) in [5.74, 6) is -2.38. The van der Waals surface area contributed by atoms with Crippen LogP contribution in [0.4, 0.5) is 0 Å². The van der Waals surface area contributed by atoms with Crippen molar-refractivity contribution in [2.75, 3.05) is 13.2 Å². The van der Waals surface area contributed by atoms with Gasteiger partial charge in [0.1, 0.15) is 30.5 Å². The summed E-state index contributed by atoms with van der Waals surface area (Å²) < 4.78 is 32.7. The van der Waals surface area contributed by atoms with Gasteiger partial charge in [-0.2, -0.15) is 0 Å². The normalized spacial score (nSPS) is 37.2. The second-order valence-corrected chi connectivity index (χ2v) is 9.90. The van der Waals surface area contributed by atoms with E-state index in [1.165, 1.54) is 0 Å². The van der Waals surface area contributed by atoms with Crippen molar-refractivity contribution in [2.45, 2.75) is 102 Å². The highest BCUT2D eigenvalue weighted by molar-refractivity contribution is 5.71. The Morgan fingerprint density at radius 3 is 1.75 bits per heavy atom. The van der Waals surface area contributed by atoms with Gasteiger partial charge < -0.3 is 54.0 Å². The molecular weight excluding hydrogens is 488 g/mol. The highest BCUT2D eigenvalue weighted by Gasteiger charge is 2.55. The average molecular weight is 525 g/mol. The molecule has 2 heterocycles. The Morgan fingerprint density at radius 1 is 0.722 bits per heavy atom. The third-order valence-electron chi connectivity index (χ3n) is 5.43. The Morgan fingerprint density at radius 2 is 1.25 bits per heavy atom. The molecule has 0 saturated carbocycles. The van der Waals surface area contributed by atoms with Crippen molar-refractivity contribution in [2.24, 2.45) is 5.41 Å². The number of ether oxygens (including phenoxy) is 6. The fourth-order valence-corrected chi connectivity index (χ4v) is 3.86. The van der Waals surface area contributed by atoms with Crippen LogP contribution in [0.2, 0.25) is 0 Å². The lowest BCUT2D eigenvalue weighted by Gasteiger charge is -2.46. The molecule has 0 amide bonds. The van der Waals surface area contributed by atoms with Crippen LogP contribution in [-0.2, 0) is 42.8 Å². The Kier molecular flexibility index (Phi) is 10.6. The summed E-state index contributed by atoms with van der Waals surface area (Å²) in [6.45, 7) is 6.00. The van der Waals surface area contributed by atoms with Gasteiger partial charge in [0.2, 0.25) is 6.29 Å². The highest BCUT2D eigenvalue weighted by Crippen LogP contribution is 2.33. The van der Waals surface area contributed by atoms with Gasteiger partial charge in [0.15, 0.2) is 24.6 Å².